The van der Waals surface area contributed by atoms with E-state index in [0.29, 0.717) is 0 Å². The molecule has 0 unspecified atom stereocenters. The molecule has 0 radical (unpaired) electrons. The van der Waals surface area contributed by atoms with Crippen molar-refractivity contribution < 1.29 is 4.73 Å². The SMILES string of the molecule is Cc1cc(I)c2c(ccc[n+]2[O-])c1. The van der Waals surface area contributed by atoms with Crippen molar-refractivity contribution in [2.75, 3.05) is 0 Å². The lowest BCUT2D eigenvalue weighted by atomic mass is 10.1. The second kappa shape index (κ2) is 3.14. The van der Waals surface area contributed by atoms with Crippen LogP contribution in [0.5, 0.6) is 0 Å². The van der Waals surface area contributed by atoms with E-state index in [2.05, 4.69) is 22.6 Å². The van der Waals surface area contributed by atoms with Crippen molar-refractivity contribution in [3.05, 3.63) is 44.8 Å². The molecule has 66 valence electrons. The predicted octanol–water partition coefficient (Wildman–Crippen LogP) is 2.39. The number of fused-ring (bicyclic) bond motifs is 1. The molecular formula is C10H8INO. The molecule has 0 atom stereocenters. The Morgan fingerprint density at radius 1 is 1.38 bits per heavy atom. The highest BCUT2D eigenvalue weighted by Crippen LogP contribution is 2.18. The molecule has 0 spiro atoms. The van der Waals surface area contributed by atoms with Crippen LogP contribution < -0.4 is 4.73 Å². The lowest BCUT2D eigenvalue weighted by Crippen LogP contribution is -2.26. The zero-order valence-electron chi connectivity index (χ0n) is 7.12. The summed E-state index contributed by atoms with van der Waals surface area (Å²) in [5.41, 5.74) is 1.94. The zero-order chi connectivity index (χ0) is 9.42. The van der Waals surface area contributed by atoms with Gasteiger partial charge in [-0.15, -0.1) is 0 Å². The summed E-state index contributed by atoms with van der Waals surface area (Å²) in [6, 6.07) is 7.76. The molecule has 2 aromatic rings. The van der Waals surface area contributed by atoms with Crippen molar-refractivity contribution in [2.24, 2.45) is 0 Å². The van der Waals surface area contributed by atoms with Gasteiger partial charge in [0, 0.05) is 11.5 Å². The summed E-state index contributed by atoms with van der Waals surface area (Å²) in [4.78, 5) is 0. The van der Waals surface area contributed by atoms with Crippen molar-refractivity contribution >= 4 is 33.5 Å². The van der Waals surface area contributed by atoms with Gasteiger partial charge in [0.2, 0.25) is 5.52 Å². The van der Waals surface area contributed by atoms with E-state index in [4.69, 9.17) is 0 Å². The molecular weight excluding hydrogens is 277 g/mol. The molecule has 0 aliphatic rings. The summed E-state index contributed by atoms with van der Waals surface area (Å²) in [6.07, 6.45) is 1.53. The Morgan fingerprint density at radius 2 is 2.15 bits per heavy atom. The highest BCUT2D eigenvalue weighted by Gasteiger charge is 2.07. The number of aryl methyl sites for hydroxylation is 1. The van der Waals surface area contributed by atoms with Crippen LogP contribution >= 0.6 is 22.6 Å². The van der Waals surface area contributed by atoms with Gasteiger partial charge in [0.25, 0.3) is 0 Å². The highest BCUT2D eigenvalue weighted by atomic mass is 127. The van der Waals surface area contributed by atoms with E-state index in [0.717, 1.165) is 19.2 Å². The maximum atomic E-state index is 11.4. The van der Waals surface area contributed by atoms with Crippen LogP contribution in [0, 0.1) is 15.7 Å². The first kappa shape index (κ1) is 8.74. The van der Waals surface area contributed by atoms with E-state index < -0.39 is 0 Å². The van der Waals surface area contributed by atoms with Crippen molar-refractivity contribution in [2.45, 2.75) is 6.92 Å². The Morgan fingerprint density at radius 3 is 2.92 bits per heavy atom. The fraction of sp³-hybridized carbons (Fsp3) is 0.100. The van der Waals surface area contributed by atoms with Crippen molar-refractivity contribution in [3.63, 3.8) is 0 Å². The predicted molar refractivity (Wildman–Crippen MR) is 60.4 cm³/mol. The van der Waals surface area contributed by atoms with Crippen LogP contribution in [-0.4, -0.2) is 0 Å². The molecule has 0 aliphatic carbocycles. The second-order valence-corrected chi connectivity index (χ2v) is 4.18. The summed E-state index contributed by atoms with van der Waals surface area (Å²) in [5.74, 6) is 0. The third kappa shape index (κ3) is 1.48. The van der Waals surface area contributed by atoms with Gasteiger partial charge in [0.1, 0.15) is 0 Å². The van der Waals surface area contributed by atoms with Crippen LogP contribution in [0.3, 0.4) is 0 Å². The maximum absolute atomic E-state index is 11.4. The number of halogens is 1. The summed E-state index contributed by atoms with van der Waals surface area (Å²) in [7, 11) is 0. The number of hydrogen-bond donors (Lipinski definition) is 0. The lowest BCUT2D eigenvalue weighted by molar-refractivity contribution is -0.577. The number of benzene rings is 1. The molecule has 2 rings (SSSR count). The fourth-order valence-electron chi connectivity index (χ4n) is 1.42. The van der Waals surface area contributed by atoms with Crippen molar-refractivity contribution in [1.82, 2.24) is 0 Å². The van der Waals surface area contributed by atoms with E-state index in [9.17, 15) is 5.21 Å². The minimum atomic E-state index is 0.758. The van der Waals surface area contributed by atoms with Gasteiger partial charge in [-0.1, -0.05) is 0 Å². The lowest BCUT2D eigenvalue weighted by Gasteiger charge is -2.03. The summed E-state index contributed by atoms with van der Waals surface area (Å²) < 4.78 is 1.92. The molecule has 0 bridgehead atoms. The number of nitrogens with zero attached hydrogens (tertiary/aromatic N) is 1. The van der Waals surface area contributed by atoms with Crippen LogP contribution in [0.1, 0.15) is 5.56 Å². The Bertz CT molecular complexity index is 468. The molecule has 0 N–H and O–H groups in total. The number of pyridine rings is 1. The van der Waals surface area contributed by atoms with Crippen molar-refractivity contribution in [3.8, 4) is 0 Å². The average Bonchev–Trinajstić information content (AvgIpc) is 2.02. The molecule has 0 saturated carbocycles. The molecule has 3 heteroatoms. The molecule has 1 aromatic carbocycles. The zero-order valence-corrected chi connectivity index (χ0v) is 9.28. The molecule has 1 heterocycles. The van der Waals surface area contributed by atoms with Gasteiger partial charge >= 0.3 is 0 Å². The normalized spacial score (nSPS) is 10.6. The van der Waals surface area contributed by atoms with Crippen LogP contribution in [0.4, 0.5) is 0 Å². The van der Waals surface area contributed by atoms with Crippen LogP contribution in [-0.2, 0) is 0 Å². The van der Waals surface area contributed by atoms with Crippen LogP contribution in [0.15, 0.2) is 30.5 Å². The van der Waals surface area contributed by atoms with E-state index in [1.165, 1.54) is 11.8 Å². The molecule has 0 amide bonds. The number of aromatic nitrogens is 1. The number of rotatable bonds is 0. The summed E-state index contributed by atoms with van der Waals surface area (Å²) in [5, 5.41) is 12.4. The first-order valence-electron chi connectivity index (χ1n) is 3.96. The maximum Gasteiger partial charge on any atom is 0.237 e. The summed E-state index contributed by atoms with van der Waals surface area (Å²) >= 11 is 2.19. The molecule has 0 aliphatic heterocycles. The van der Waals surface area contributed by atoms with Gasteiger partial charge in [-0.05, 0) is 53.3 Å². The molecule has 13 heavy (non-hydrogen) atoms. The topological polar surface area (TPSA) is 26.9 Å². The first-order valence-corrected chi connectivity index (χ1v) is 5.04. The second-order valence-electron chi connectivity index (χ2n) is 3.02. The van der Waals surface area contributed by atoms with Gasteiger partial charge in [0.05, 0.1) is 3.57 Å². The molecule has 0 fully saturated rings. The Labute approximate surface area is 89.9 Å². The van der Waals surface area contributed by atoms with Gasteiger partial charge in [-0.2, -0.15) is 4.73 Å². The Hall–Kier alpha value is -0.840. The monoisotopic (exact) mass is 285 g/mol. The van der Waals surface area contributed by atoms with Gasteiger partial charge in [0.15, 0.2) is 6.20 Å². The molecule has 0 saturated heterocycles. The van der Waals surface area contributed by atoms with E-state index in [1.807, 2.05) is 25.1 Å². The van der Waals surface area contributed by atoms with E-state index in [-0.39, 0.29) is 0 Å². The Kier molecular flexibility index (Phi) is 2.11. The van der Waals surface area contributed by atoms with E-state index >= 15 is 0 Å². The van der Waals surface area contributed by atoms with Crippen molar-refractivity contribution in [1.29, 1.82) is 0 Å². The quantitative estimate of drug-likeness (QED) is 0.415. The summed E-state index contributed by atoms with van der Waals surface area (Å²) in [6.45, 7) is 2.03. The minimum absolute atomic E-state index is 0.758. The van der Waals surface area contributed by atoms with Gasteiger partial charge in [-0.3, -0.25) is 0 Å². The minimum Gasteiger partial charge on any atom is -0.618 e. The Balaban J connectivity index is 2.94. The molecule has 1 aromatic heterocycles. The van der Waals surface area contributed by atoms with Gasteiger partial charge < -0.3 is 5.21 Å². The third-order valence-electron chi connectivity index (χ3n) is 1.95. The van der Waals surface area contributed by atoms with E-state index in [1.54, 1.807) is 6.07 Å². The third-order valence-corrected chi connectivity index (χ3v) is 2.78. The smallest absolute Gasteiger partial charge is 0.237 e. The highest BCUT2D eigenvalue weighted by molar-refractivity contribution is 14.1. The largest absolute Gasteiger partial charge is 0.618 e. The van der Waals surface area contributed by atoms with Crippen LogP contribution in [0.2, 0.25) is 0 Å². The first-order chi connectivity index (χ1) is 6.18. The van der Waals surface area contributed by atoms with Crippen LogP contribution in [0.25, 0.3) is 10.9 Å². The van der Waals surface area contributed by atoms with Gasteiger partial charge in [-0.25, -0.2) is 0 Å². The molecule has 2 nitrogen and oxygen atoms in total. The fourth-order valence-corrected chi connectivity index (χ4v) is 2.46. The average molecular weight is 285 g/mol. The standard InChI is InChI=1S/C10H8INO/c1-7-5-8-3-2-4-12(13)10(8)9(11)6-7/h2-6H,1H3. The number of hydrogen-bond acceptors (Lipinski definition) is 1.